The van der Waals surface area contributed by atoms with Crippen LogP contribution in [0, 0.1) is 0 Å². The van der Waals surface area contributed by atoms with Gasteiger partial charge in [-0.2, -0.15) is 0 Å². The Hall–Kier alpha value is -1.91. The number of carbonyl (C=O) groups is 1. The highest BCUT2D eigenvalue weighted by molar-refractivity contribution is 5.67. The topological polar surface area (TPSA) is 56.8 Å². The van der Waals surface area contributed by atoms with E-state index >= 15 is 0 Å². The van der Waals surface area contributed by atoms with E-state index < -0.39 is 0 Å². The molecular formula is C13H17NO4. The van der Waals surface area contributed by atoms with Crippen LogP contribution >= 0.6 is 0 Å². The average Bonchev–Trinajstić information content (AvgIpc) is 2.76. The Bertz CT molecular complexity index is 433. The predicted octanol–water partition coefficient (Wildman–Crippen LogP) is 2.09. The lowest BCUT2D eigenvalue weighted by atomic mass is 10.1. The summed E-state index contributed by atoms with van der Waals surface area (Å²) in [6.07, 6.45) is 0.334. The van der Waals surface area contributed by atoms with E-state index in [2.05, 4.69) is 5.32 Å². The molecule has 0 radical (unpaired) electrons. The number of hydrogen-bond donors (Lipinski definition) is 1. The Kier molecular flexibility index (Phi) is 3.92. The van der Waals surface area contributed by atoms with Gasteiger partial charge in [-0.05, 0) is 38.0 Å². The molecule has 5 nitrogen and oxygen atoms in total. The monoisotopic (exact) mass is 251 g/mol. The lowest BCUT2D eigenvalue weighted by molar-refractivity contribution is 0.149. The van der Waals surface area contributed by atoms with Crippen molar-refractivity contribution in [2.24, 2.45) is 0 Å². The maximum Gasteiger partial charge on any atom is 0.407 e. The van der Waals surface area contributed by atoms with Gasteiger partial charge in [0.05, 0.1) is 6.61 Å². The Morgan fingerprint density at radius 3 is 3.00 bits per heavy atom. The number of ether oxygens (including phenoxy) is 3. The molecule has 0 bridgehead atoms. The number of nitrogens with one attached hydrogen (secondary N) is 1. The second kappa shape index (κ2) is 5.62. The lowest BCUT2D eigenvalue weighted by Gasteiger charge is -2.13. The van der Waals surface area contributed by atoms with Crippen molar-refractivity contribution in [1.29, 1.82) is 0 Å². The fourth-order valence-corrected chi connectivity index (χ4v) is 1.85. The van der Waals surface area contributed by atoms with Crippen LogP contribution in [0.15, 0.2) is 18.2 Å². The molecule has 1 amide bonds. The molecule has 98 valence electrons. The van der Waals surface area contributed by atoms with Gasteiger partial charge < -0.3 is 19.5 Å². The van der Waals surface area contributed by atoms with Crippen LogP contribution in [-0.2, 0) is 11.2 Å². The van der Waals surface area contributed by atoms with E-state index in [9.17, 15) is 4.79 Å². The van der Waals surface area contributed by atoms with Gasteiger partial charge in [0, 0.05) is 6.04 Å². The lowest BCUT2D eigenvalue weighted by Crippen LogP contribution is -2.34. The second-order valence-corrected chi connectivity index (χ2v) is 4.16. The van der Waals surface area contributed by atoms with Crippen LogP contribution in [0.4, 0.5) is 4.79 Å². The normalized spacial score (nSPS) is 14.1. The molecule has 0 aliphatic carbocycles. The number of rotatable bonds is 4. The number of benzene rings is 1. The van der Waals surface area contributed by atoms with Gasteiger partial charge in [-0.25, -0.2) is 4.79 Å². The smallest absolute Gasteiger partial charge is 0.407 e. The highest BCUT2D eigenvalue weighted by atomic mass is 16.7. The molecule has 0 saturated heterocycles. The van der Waals surface area contributed by atoms with Crippen molar-refractivity contribution >= 4 is 6.09 Å². The summed E-state index contributed by atoms with van der Waals surface area (Å²) in [4.78, 5) is 11.3. The molecule has 0 aromatic heterocycles. The van der Waals surface area contributed by atoms with Crippen LogP contribution in [0.3, 0.4) is 0 Å². The first-order chi connectivity index (χ1) is 8.69. The summed E-state index contributed by atoms with van der Waals surface area (Å²) in [7, 11) is 0. The SMILES string of the molecule is CCOC(=O)NC(C)Cc1ccc2c(c1)OCO2. The van der Waals surface area contributed by atoms with Crippen LogP contribution in [0.5, 0.6) is 11.5 Å². The van der Waals surface area contributed by atoms with Gasteiger partial charge in [0.25, 0.3) is 0 Å². The quantitative estimate of drug-likeness (QED) is 0.890. The second-order valence-electron chi connectivity index (χ2n) is 4.16. The Morgan fingerprint density at radius 2 is 2.22 bits per heavy atom. The van der Waals surface area contributed by atoms with Gasteiger partial charge in [-0.15, -0.1) is 0 Å². The van der Waals surface area contributed by atoms with Crippen LogP contribution in [0.25, 0.3) is 0 Å². The maximum atomic E-state index is 11.3. The molecule has 1 atom stereocenters. The Balaban J connectivity index is 1.91. The summed E-state index contributed by atoms with van der Waals surface area (Å²) in [5, 5.41) is 2.76. The summed E-state index contributed by atoms with van der Waals surface area (Å²) < 4.78 is 15.4. The maximum absolute atomic E-state index is 11.3. The fourth-order valence-electron chi connectivity index (χ4n) is 1.85. The molecule has 18 heavy (non-hydrogen) atoms. The van der Waals surface area contributed by atoms with Crippen molar-refractivity contribution in [2.75, 3.05) is 13.4 Å². The van der Waals surface area contributed by atoms with E-state index in [1.807, 2.05) is 25.1 Å². The summed E-state index contributed by atoms with van der Waals surface area (Å²) in [6, 6.07) is 5.79. The molecule has 0 fully saturated rings. The molecule has 0 saturated carbocycles. The molecule has 1 unspecified atom stereocenters. The summed E-state index contributed by atoms with van der Waals surface area (Å²) in [6.45, 7) is 4.36. The zero-order valence-electron chi connectivity index (χ0n) is 10.6. The third-order valence-corrected chi connectivity index (χ3v) is 2.62. The first-order valence-corrected chi connectivity index (χ1v) is 6.01. The molecule has 2 rings (SSSR count). The first-order valence-electron chi connectivity index (χ1n) is 6.01. The van der Waals surface area contributed by atoms with Crippen molar-refractivity contribution in [3.05, 3.63) is 23.8 Å². The molecule has 1 aromatic rings. The summed E-state index contributed by atoms with van der Waals surface area (Å²) in [5.74, 6) is 1.53. The van der Waals surface area contributed by atoms with Gasteiger partial charge in [-0.3, -0.25) is 0 Å². The molecule has 1 aliphatic rings. The molecule has 0 spiro atoms. The van der Waals surface area contributed by atoms with Crippen molar-refractivity contribution in [3.8, 4) is 11.5 Å². The molecule has 1 aliphatic heterocycles. The van der Waals surface area contributed by atoms with Gasteiger partial charge >= 0.3 is 6.09 Å². The third kappa shape index (κ3) is 3.06. The molecule has 1 aromatic carbocycles. The van der Waals surface area contributed by atoms with E-state index in [1.54, 1.807) is 6.92 Å². The van der Waals surface area contributed by atoms with Crippen molar-refractivity contribution in [1.82, 2.24) is 5.32 Å². The van der Waals surface area contributed by atoms with Gasteiger partial charge in [-0.1, -0.05) is 6.07 Å². The van der Waals surface area contributed by atoms with E-state index in [0.29, 0.717) is 6.61 Å². The van der Waals surface area contributed by atoms with Crippen LogP contribution < -0.4 is 14.8 Å². The van der Waals surface area contributed by atoms with Crippen molar-refractivity contribution in [3.63, 3.8) is 0 Å². The van der Waals surface area contributed by atoms with E-state index in [0.717, 1.165) is 23.5 Å². The molecule has 1 N–H and O–H groups in total. The van der Waals surface area contributed by atoms with Crippen LogP contribution in [0.1, 0.15) is 19.4 Å². The van der Waals surface area contributed by atoms with Crippen molar-refractivity contribution < 1.29 is 19.0 Å². The number of hydrogen-bond acceptors (Lipinski definition) is 4. The number of amides is 1. The number of carbonyl (C=O) groups excluding carboxylic acids is 1. The summed E-state index contributed by atoms with van der Waals surface area (Å²) in [5.41, 5.74) is 1.09. The molecule has 5 heteroatoms. The van der Waals surface area contributed by atoms with E-state index in [4.69, 9.17) is 14.2 Å². The molecule has 1 heterocycles. The van der Waals surface area contributed by atoms with Gasteiger partial charge in [0.15, 0.2) is 11.5 Å². The number of alkyl carbamates (subject to hydrolysis) is 1. The highest BCUT2D eigenvalue weighted by Gasteiger charge is 2.15. The minimum atomic E-state index is -0.384. The Labute approximate surface area is 106 Å². The minimum absolute atomic E-state index is 0.00409. The largest absolute Gasteiger partial charge is 0.454 e. The average molecular weight is 251 g/mol. The first kappa shape index (κ1) is 12.5. The molecular weight excluding hydrogens is 234 g/mol. The minimum Gasteiger partial charge on any atom is -0.454 e. The standard InChI is InChI=1S/C13H17NO4/c1-3-16-13(15)14-9(2)6-10-4-5-11-12(7-10)18-8-17-11/h4-5,7,9H,3,6,8H2,1-2H3,(H,14,15). The Morgan fingerprint density at radius 1 is 1.44 bits per heavy atom. The van der Waals surface area contributed by atoms with Gasteiger partial charge in [0.1, 0.15) is 0 Å². The van der Waals surface area contributed by atoms with E-state index in [1.165, 1.54) is 0 Å². The zero-order valence-corrected chi connectivity index (χ0v) is 10.6. The van der Waals surface area contributed by atoms with Crippen LogP contribution in [-0.4, -0.2) is 25.5 Å². The highest BCUT2D eigenvalue weighted by Crippen LogP contribution is 2.32. The van der Waals surface area contributed by atoms with Crippen molar-refractivity contribution in [2.45, 2.75) is 26.3 Å². The van der Waals surface area contributed by atoms with E-state index in [-0.39, 0.29) is 18.9 Å². The van der Waals surface area contributed by atoms with Crippen LogP contribution in [0.2, 0.25) is 0 Å². The predicted molar refractivity (Wildman–Crippen MR) is 65.9 cm³/mol. The third-order valence-electron chi connectivity index (χ3n) is 2.62. The zero-order chi connectivity index (χ0) is 13.0. The summed E-state index contributed by atoms with van der Waals surface area (Å²) >= 11 is 0. The van der Waals surface area contributed by atoms with Gasteiger partial charge in [0.2, 0.25) is 6.79 Å². The number of fused-ring (bicyclic) bond motifs is 1. The fraction of sp³-hybridized carbons (Fsp3) is 0.462.